The zero-order chi connectivity index (χ0) is 15.1. The van der Waals surface area contributed by atoms with Crippen LogP contribution in [0.2, 0.25) is 5.02 Å². The zero-order valence-electron chi connectivity index (χ0n) is 11.1. The lowest BCUT2D eigenvalue weighted by Crippen LogP contribution is -2.13. The van der Waals surface area contributed by atoms with E-state index in [1.165, 1.54) is 6.20 Å². The highest BCUT2D eigenvalue weighted by molar-refractivity contribution is 6.30. The Bertz CT molecular complexity index is 617. The van der Waals surface area contributed by atoms with Crippen LogP contribution in [0.25, 0.3) is 0 Å². The van der Waals surface area contributed by atoms with Crippen molar-refractivity contribution in [1.82, 2.24) is 4.98 Å². The second-order valence-electron chi connectivity index (χ2n) is 4.05. The van der Waals surface area contributed by atoms with Crippen LogP contribution in [0.15, 0.2) is 47.9 Å². The number of halogens is 1. The fourth-order valence-corrected chi connectivity index (χ4v) is 1.73. The highest BCUT2D eigenvalue weighted by atomic mass is 35.5. The summed E-state index contributed by atoms with van der Waals surface area (Å²) in [6, 6.07) is 8.54. The van der Waals surface area contributed by atoms with Gasteiger partial charge in [-0.3, -0.25) is 4.98 Å². The fourth-order valence-electron chi connectivity index (χ4n) is 1.57. The smallest absolute Gasteiger partial charge is 0.170 e. The van der Waals surface area contributed by atoms with Crippen LogP contribution in [0.1, 0.15) is 5.56 Å². The summed E-state index contributed by atoms with van der Waals surface area (Å²) < 4.78 is 10.9. The van der Waals surface area contributed by atoms with E-state index in [0.717, 1.165) is 0 Å². The maximum Gasteiger partial charge on any atom is 0.170 e. The van der Waals surface area contributed by atoms with Crippen molar-refractivity contribution in [2.24, 2.45) is 10.9 Å². The minimum Gasteiger partial charge on any atom is -0.490 e. The Morgan fingerprint density at radius 3 is 2.43 bits per heavy atom. The lowest BCUT2D eigenvalue weighted by molar-refractivity contribution is 0.216. The Morgan fingerprint density at radius 1 is 1.14 bits per heavy atom. The number of benzene rings is 1. The van der Waals surface area contributed by atoms with Gasteiger partial charge in [-0.2, -0.15) is 0 Å². The third-order valence-corrected chi connectivity index (χ3v) is 2.77. The van der Waals surface area contributed by atoms with Crippen molar-refractivity contribution in [2.45, 2.75) is 0 Å². The molecule has 0 saturated carbocycles. The van der Waals surface area contributed by atoms with Crippen molar-refractivity contribution in [3.63, 3.8) is 0 Å². The van der Waals surface area contributed by atoms with E-state index in [0.29, 0.717) is 35.3 Å². The van der Waals surface area contributed by atoms with Gasteiger partial charge in [-0.25, -0.2) is 0 Å². The summed E-state index contributed by atoms with van der Waals surface area (Å²) in [7, 11) is 0. The largest absolute Gasteiger partial charge is 0.490 e. The second kappa shape index (κ2) is 7.35. The Hall–Kier alpha value is -2.47. The van der Waals surface area contributed by atoms with Crippen LogP contribution in [0.5, 0.6) is 11.5 Å². The summed E-state index contributed by atoms with van der Waals surface area (Å²) in [5.74, 6) is 1.31. The first-order valence-electron chi connectivity index (χ1n) is 6.13. The lowest BCUT2D eigenvalue weighted by Gasteiger charge is -2.08. The van der Waals surface area contributed by atoms with Crippen LogP contribution in [-0.4, -0.2) is 29.2 Å². The minimum atomic E-state index is 0.0540. The molecule has 2 aromatic rings. The summed E-state index contributed by atoms with van der Waals surface area (Å²) in [6.45, 7) is 0.736. The number of ether oxygens (including phenoxy) is 2. The van der Waals surface area contributed by atoms with Crippen LogP contribution in [0, 0.1) is 0 Å². The van der Waals surface area contributed by atoms with Crippen LogP contribution in [-0.2, 0) is 0 Å². The number of nitrogens with zero attached hydrogens (tertiary/aromatic N) is 2. The molecule has 0 radical (unpaired) electrons. The third kappa shape index (κ3) is 4.54. The van der Waals surface area contributed by atoms with Crippen molar-refractivity contribution in [3.05, 3.63) is 53.3 Å². The predicted octanol–water partition coefficient (Wildman–Crippen LogP) is 2.29. The number of pyridine rings is 1. The van der Waals surface area contributed by atoms with E-state index in [1.54, 1.807) is 36.5 Å². The molecule has 1 aromatic heterocycles. The van der Waals surface area contributed by atoms with Crippen molar-refractivity contribution in [3.8, 4) is 11.5 Å². The molecule has 1 aromatic carbocycles. The number of nitrogens with two attached hydrogens (primary N) is 1. The van der Waals surface area contributed by atoms with E-state index in [2.05, 4.69) is 10.1 Å². The van der Waals surface area contributed by atoms with Crippen molar-refractivity contribution < 1.29 is 14.7 Å². The van der Waals surface area contributed by atoms with Crippen LogP contribution in [0.4, 0.5) is 0 Å². The van der Waals surface area contributed by atoms with Crippen molar-refractivity contribution in [1.29, 1.82) is 0 Å². The number of hydrogen-bond acceptors (Lipinski definition) is 5. The van der Waals surface area contributed by atoms with Gasteiger partial charge in [-0.15, -0.1) is 0 Å². The van der Waals surface area contributed by atoms with Gasteiger partial charge >= 0.3 is 0 Å². The third-order valence-electron chi connectivity index (χ3n) is 2.56. The molecule has 1 heterocycles. The Morgan fingerprint density at radius 2 is 1.81 bits per heavy atom. The highest BCUT2D eigenvalue weighted by Gasteiger charge is 2.00. The molecule has 0 aliphatic carbocycles. The summed E-state index contributed by atoms with van der Waals surface area (Å²) in [4.78, 5) is 3.91. The number of hydrogen-bond donors (Lipinski definition) is 2. The van der Waals surface area contributed by atoms with Gasteiger partial charge in [0.05, 0.1) is 11.2 Å². The highest BCUT2D eigenvalue weighted by Crippen LogP contribution is 2.15. The van der Waals surface area contributed by atoms with E-state index in [9.17, 15) is 0 Å². The average molecular weight is 308 g/mol. The quantitative estimate of drug-likeness (QED) is 0.281. The second-order valence-corrected chi connectivity index (χ2v) is 4.48. The topological polar surface area (TPSA) is 90.0 Å². The molecule has 0 spiro atoms. The predicted molar refractivity (Wildman–Crippen MR) is 79.2 cm³/mol. The van der Waals surface area contributed by atoms with Gasteiger partial charge in [-0.1, -0.05) is 16.8 Å². The maximum absolute atomic E-state index is 8.56. The molecule has 0 atom stereocenters. The number of aromatic nitrogens is 1. The van der Waals surface area contributed by atoms with Gasteiger partial charge < -0.3 is 20.4 Å². The molecule has 2 rings (SSSR count). The first kappa shape index (κ1) is 14.9. The molecule has 3 N–H and O–H groups in total. The van der Waals surface area contributed by atoms with E-state index >= 15 is 0 Å². The normalized spacial score (nSPS) is 11.2. The summed E-state index contributed by atoms with van der Waals surface area (Å²) in [6.07, 6.45) is 3.12. The first-order chi connectivity index (χ1) is 10.2. The van der Waals surface area contributed by atoms with Gasteiger partial charge in [0.2, 0.25) is 0 Å². The number of oxime groups is 1. The van der Waals surface area contributed by atoms with E-state index < -0.39 is 0 Å². The summed E-state index contributed by atoms with van der Waals surface area (Å²) >= 11 is 5.79. The fraction of sp³-hybridized carbons (Fsp3) is 0.143. The minimum absolute atomic E-state index is 0.0540. The number of amidine groups is 1. The standard InChI is InChI=1S/C14H14ClN3O3/c15-11-7-13(9-17-8-11)21-6-5-20-12-3-1-10(2-4-12)14(16)18-19/h1-4,7-9,19H,5-6H2,(H2,16,18). The maximum atomic E-state index is 8.56. The Balaban J connectivity index is 1.78. The lowest BCUT2D eigenvalue weighted by atomic mass is 10.2. The van der Waals surface area contributed by atoms with Gasteiger partial charge in [0, 0.05) is 17.8 Å². The molecule has 0 saturated heterocycles. The molecule has 110 valence electrons. The molecule has 0 aliphatic rings. The molecule has 0 amide bonds. The van der Waals surface area contributed by atoms with E-state index in [-0.39, 0.29) is 5.84 Å². The number of rotatable bonds is 6. The summed E-state index contributed by atoms with van der Waals surface area (Å²) in [5.41, 5.74) is 6.08. The zero-order valence-corrected chi connectivity index (χ0v) is 11.8. The Labute approximate surface area is 126 Å². The summed E-state index contributed by atoms with van der Waals surface area (Å²) in [5, 5.41) is 12.0. The van der Waals surface area contributed by atoms with Gasteiger partial charge in [0.25, 0.3) is 0 Å². The molecule has 7 heteroatoms. The molecule has 0 bridgehead atoms. The SMILES string of the molecule is NC(=NO)c1ccc(OCCOc2cncc(Cl)c2)cc1. The molecule has 21 heavy (non-hydrogen) atoms. The molecule has 0 unspecified atom stereocenters. The molecule has 0 fully saturated rings. The molecule has 6 nitrogen and oxygen atoms in total. The average Bonchev–Trinajstić information content (AvgIpc) is 2.51. The molecular formula is C14H14ClN3O3. The first-order valence-corrected chi connectivity index (χ1v) is 6.51. The van der Waals surface area contributed by atoms with Crippen LogP contribution in [0.3, 0.4) is 0 Å². The van der Waals surface area contributed by atoms with Gasteiger partial charge in [0.1, 0.15) is 24.7 Å². The van der Waals surface area contributed by atoms with Crippen LogP contribution < -0.4 is 15.2 Å². The van der Waals surface area contributed by atoms with E-state index in [1.807, 2.05) is 0 Å². The van der Waals surface area contributed by atoms with Crippen molar-refractivity contribution >= 4 is 17.4 Å². The van der Waals surface area contributed by atoms with Gasteiger partial charge in [-0.05, 0) is 24.3 Å². The van der Waals surface area contributed by atoms with Gasteiger partial charge in [0.15, 0.2) is 5.84 Å². The van der Waals surface area contributed by atoms with Crippen LogP contribution >= 0.6 is 11.6 Å². The monoisotopic (exact) mass is 307 g/mol. The Kier molecular flexibility index (Phi) is 5.22. The van der Waals surface area contributed by atoms with Crippen molar-refractivity contribution in [2.75, 3.05) is 13.2 Å². The molecule has 0 aliphatic heterocycles. The molecular weight excluding hydrogens is 294 g/mol. The van der Waals surface area contributed by atoms with E-state index in [4.69, 9.17) is 32.0 Å².